The smallest absolute Gasteiger partial charge is 0.392 e. The van der Waals surface area contributed by atoms with Crippen molar-refractivity contribution in [1.29, 1.82) is 0 Å². The molecule has 1 fully saturated rings. The van der Waals surface area contributed by atoms with Gasteiger partial charge in [0, 0.05) is 5.02 Å². The third-order valence-corrected chi connectivity index (χ3v) is 6.30. The number of carbonyl (C=O) groups is 2. The largest absolute Gasteiger partial charge is 0.460 e. The number of alkyl halides is 3. The van der Waals surface area contributed by atoms with E-state index in [9.17, 15) is 27.2 Å². The summed E-state index contributed by atoms with van der Waals surface area (Å²) in [5, 5.41) is 2.64. The molecule has 1 unspecified atom stereocenters. The van der Waals surface area contributed by atoms with Crippen molar-refractivity contribution in [3.05, 3.63) is 64.4 Å². The summed E-state index contributed by atoms with van der Waals surface area (Å²) >= 11 is 5.84. The maximum absolute atomic E-state index is 14.6. The highest BCUT2D eigenvalue weighted by Gasteiger charge is 2.52. The Hall–Kier alpha value is -2.61. The first-order valence-electron chi connectivity index (χ1n) is 11.3. The van der Waals surface area contributed by atoms with Crippen molar-refractivity contribution < 1.29 is 31.9 Å². The molecule has 3 rings (SSSR count). The molecule has 0 bridgehead atoms. The summed E-state index contributed by atoms with van der Waals surface area (Å²) in [4.78, 5) is 25.7. The van der Waals surface area contributed by atoms with E-state index in [1.807, 2.05) is 0 Å². The van der Waals surface area contributed by atoms with Gasteiger partial charge in [-0.1, -0.05) is 36.7 Å². The number of benzene rings is 2. The first kappa shape index (κ1) is 27.0. The van der Waals surface area contributed by atoms with Gasteiger partial charge in [-0.25, -0.2) is 4.39 Å². The van der Waals surface area contributed by atoms with E-state index >= 15 is 0 Å². The highest BCUT2D eigenvalue weighted by Crippen LogP contribution is 2.50. The molecular formula is C26H28ClF4NO3. The van der Waals surface area contributed by atoms with Crippen LogP contribution in [0.15, 0.2) is 42.5 Å². The van der Waals surface area contributed by atoms with Crippen LogP contribution in [0, 0.1) is 17.2 Å². The zero-order chi connectivity index (χ0) is 26.2. The lowest BCUT2D eigenvalue weighted by atomic mass is 9.85. The molecule has 0 heterocycles. The molecule has 0 saturated heterocycles. The van der Waals surface area contributed by atoms with Crippen LogP contribution in [0.1, 0.15) is 57.6 Å². The fourth-order valence-electron chi connectivity index (χ4n) is 3.90. The predicted octanol–water partition coefficient (Wildman–Crippen LogP) is 7.06. The van der Waals surface area contributed by atoms with Crippen molar-refractivity contribution in [1.82, 2.24) is 0 Å². The molecule has 35 heavy (non-hydrogen) atoms. The van der Waals surface area contributed by atoms with Crippen LogP contribution in [0.2, 0.25) is 5.02 Å². The minimum atomic E-state index is -4.66. The zero-order valence-corrected chi connectivity index (χ0v) is 20.7. The Morgan fingerprint density at radius 3 is 2.20 bits per heavy atom. The minimum Gasteiger partial charge on any atom is -0.460 e. The van der Waals surface area contributed by atoms with Crippen LogP contribution in [-0.4, -0.2) is 23.7 Å². The van der Waals surface area contributed by atoms with E-state index in [1.54, 1.807) is 20.8 Å². The van der Waals surface area contributed by atoms with Crippen LogP contribution in [0.25, 0.3) is 0 Å². The molecule has 0 aliphatic heterocycles. The van der Waals surface area contributed by atoms with E-state index in [0.717, 1.165) is 13.0 Å². The molecule has 0 radical (unpaired) electrons. The van der Waals surface area contributed by atoms with Gasteiger partial charge < -0.3 is 10.1 Å². The van der Waals surface area contributed by atoms with Crippen LogP contribution in [0.4, 0.5) is 23.2 Å². The predicted molar refractivity (Wildman–Crippen MR) is 126 cm³/mol. The summed E-state index contributed by atoms with van der Waals surface area (Å²) in [5.74, 6) is -5.79. The van der Waals surface area contributed by atoms with E-state index in [-0.39, 0.29) is 23.6 Å². The van der Waals surface area contributed by atoms with Gasteiger partial charge in [0.05, 0.1) is 22.9 Å². The number of esters is 1. The molecule has 4 nitrogen and oxygen atoms in total. The van der Waals surface area contributed by atoms with Gasteiger partial charge >= 0.3 is 12.1 Å². The molecule has 2 aromatic rings. The first-order chi connectivity index (χ1) is 16.1. The average Bonchev–Trinajstić information content (AvgIpc) is 3.51. The molecule has 0 aromatic heterocycles. The Kier molecular flexibility index (Phi) is 7.56. The Balaban J connectivity index is 1.84. The molecule has 0 spiro atoms. The Morgan fingerprint density at radius 1 is 1.09 bits per heavy atom. The Bertz CT molecular complexity index is 1090. The number of ether oxygens (including phenoxy) is 1. The SMILES string of the molecule is C[C@H](C(C(=O)Nc1cc(CC2(C(=O)OC(C)(C)C)CC2)ccc1F)c1ccc(Cl)cc1)C(F)(F)F. The molecule has 1 saturated carbocycles. The van der Waals surface area contributed by atoms with Gasteiger partial charge in [0.25, 0.3) is 0 Å². The van der Waals surface area contributed by atoms with Crippen LogP contribution >= 0.6 is 11.6 Å². The van der Waals surface area contributed by atoms with E-state index in [0.29, 0.717) is 23.4 Å². The minimum absolute atomic E-state index is 0.107. The van der Waals surface area contributed by atoms with E-state index in [1.165, 1.54) is 36.4 Å². The first-order valence-corrected chi connectivity index (χ1v) is 11.6. The van der Waals surface area contributed by atoms with Gasteiger partial charge in [0.1, 0.15) is 11.4 Å². The lowest BCUT2D eigenvalue weighted by Gasteiger charge is -2.26. The van der Waals surface area contributed by atoms with E-state index in [4.69, 9.17) is 16.3 Å². The van der Waals surface area contributed by atoms with E-state index < -0.39 is 40.8 Å². The molecule has 1 aliphatic carbocycles. The molecule has 1 aliphatic rings. The second kappa shape index (κ2) is 9.80. The normalized spacial score (nSPS) is 16.8. The molecule has 1 amide bonds. The van der Waals surface area contributed by atoms with Crippen molar-refractivity contribution in [2.75, 3.05) is 5.32 Å². The number of carbonyl (C=O) groups excluding carboxylic acids is 2. The van der Waals surface area contributed by atoms with Crippen molar-refractivity contribution in [2.45, 2.75) is 64.7 Å². The van der Waals surface area contributed by atoms with E-state index in [2.05, 4.69) is 5.32 Å². The average molecular weight is 514 g/mol. The van der Waals surface area contributed by atoms with Crippen molar-refractivity contribution in [3.63, 3.8) is 0 Å². The molecular weight excluding hydrogens is 486 g/mol. The zero-order valence-electron chi connectivity index (χ0n) is 19.9. The van der Waals surface area contributed by atoms with Crippen LogP contribution < -0.4 is 5.32 Å². The van der Waals surface area contributed by atoms with Gasteiger partial charge in [-0.2, -0.15) is 13.2 Å². The molecule has 2 atom stereocenters. The molecule has 1 N–H and O–H groups in total. The molecule has 190 valence electrons. The standard InChI is InChI=1S/C26H28ClF4NO3/c1-15(26(29,30)31)21(17-6-8-18(27)9-7-17)22(33)32-20-13-16(5-10-19(20)28)14-25(11-12-25)23(34)35-24(2,3)4/h5-10,13,15,21H,11-12,14H2,1-4H3,(H,32,33)/t15-,21?/m1/s1. The summed E-state index contributed by atoms with van der Waals surface area (Å²) in [6.45, 7) is 6.21. The van der Waals surface area contributed by atoms with Gasteiger partial charge in [0.2, 0.25) is 5.91 Å². The maximum Gasteiger partial charge on any atom is 0.392 e. The Labute approximate surface area is 207 Å². The fourth-order valence-corrected chi connectivity index (χ4v) is 4.02. The summed E-state index contributed by atoms with van der Waals surface area (Å²) in [7, 11) is 0. The summed E-state index contributed by atoms with van der Waals surface area (Å²) in [5.41, 5.74) is -0.948. The Morgan fingerprint density at radius 2 is 1.69 bits per heavy atom. The fraction of sp³-hybridized carbons (Fsp3) is 0.462. The highest BCUT2D eigenvalue weighted by molar-refractivity contribution is 6.30. The van der Waals surface area contributed by atoms with Gasteiger partial charge in [-0.05, 0) is 75.4 Å². The number of halogens is 5. The third kappa shape index (κ3) is 6.75. The van der Waals surface area contributed by atoms with Crippen LogP contribution in [0.3, 0.4) is 0 Å². The number of hydrogen-bond acceptors (Lipinski definition) is 3. The number of rotatable bonds is 7. The lowest BCUT2D eigenvalue weighted by Crippen LogP contribution is -2.34. The second-order valence-corrected chi connectivity index (χ2v) is 10.6. The van der Waals surface area contributed by atoms with Crippen molar-refractivity contribution >= 4 is 29.2 Å². The van der Waals surface area contributed by atoms with Crippen molar-refractivity contribution in [3.8, 4) is 0 Å². The topological polar surface area (TPSA) is 55.4 Å². The van der Waals surface area contributed by atoms with Crippen LogP contribution in [-0.2, 0) is 20.7 Å². The number of anilines is 1. The molecule has 9 heteroatoms. The summed E-state index contributed by atoms with van der Waals surface area (Å²) in [6, 6.07) is 9.46. The van der Waals surface area contributed by atoms with Crippen LogP contribution in [0.5, 0.6) is 0 Å². The monoisotopic (exact) mass is 513 g/mol. The highest BCUT2D eigenvalue weighted by atomic mass is 35.5. The molecule has 2 aromatic carbocycles. The van der Waals surface area contributed by atoms with Gasteiger partial charge in [0.15, 0.2) is 0 Å². The number of amides is 1. The number of hydrogen-bond donors (Lipinski definition) is 1. The van der Waals surface area contributed by atoms with Gasteiger partial charge in [-0.15, -0.1) is 0 Å². The summed E-state index contributed by atoms with van der Waals surface area (Å²) in [6.07, 6.45) is -3.16. The third-order valence-electron chi connectivity index (χ3n) is 6.04. The lowest BCUT2D eigenvalue weighted by molar-refractivity contribution is -0.178. The van der Waals surface area contributed by atoms with Crippen molar-refractivity contribution in [2.24, 2.45) is 11.3 Å². The van der Waals surface area contributed by atoms with Gasteiger partial charge in [-0.3, -0.25) is 9.59 Å². The quantitative estimate of drug-likeness (QED) is 0.318. The number of nitrogens with one attached hydrogen (secondary N) is 1. The second-order valence-electron chi connectivity index (χ2n) is 10.1. The summed E-state index contributed by atoms with van der Waals surface area (Å²) < 4.78 is 60.8. The maximum atomic E-state index is 14.6.